The zero-order valence-electron chi connectivity index (χ0n) is 8.00. The van der Waals surface area contributed by atoms with Crippen molar-refractivity contribution in [1.29, 1.82) is 0 Å². The summed E-state index contributed by atoms with van der Waals surface area (Å²) in [6.07, 6.45) is 1.12. The molecule has 1 heterocycles. The Morgan fingerprint density at radius 1 is 1.13 bits per heavy atom. The molecular formula is C11H10Br2O2. The molecule has 1 aromatic rings. The summed E-state index contributed by atoms with van der Waals surface area (Å²) >= 11 is 7.26. The van der Waals surface area contributed by atoms with Crippen LogP contribution in [0.4, 0.5) is 0 Å². The van der Waals surface area contributed by atoms with Crippen LogP contribution in [0.2, 0.25) is 0 Å². The second kappa shape index (κ2) is 3.39. The quantitative estimate of drug-likeness (QED) is 0.733. The van der Waals surface area contributed by atoms with E-state index in [9.17, 15) is 0 Å². The maximum atomic E-state index is 5.55. The first-order valence-corrected chi connectivity index (χ1v) is 6.53. The van der Waals surface area contributed by atoms with Gasteiger partial charge in [-0.3, -0.25) is 0 Å². The highest BCUT2D eigenvalue weighted by Gasteiger charge is 2.51. The van der Waals surface area contributed by atoms with Gasteiger partial charge in [0.25, 0.3) is 0 Å². The van der Waals surface area contributed by atoms with E-state index >= 15 is 0 Å². The summed E-state index contributed by atoms with van der Waals surface area (Å²) in [5, 5.41) is 0. The first kappa shape index (κ1) is 9.97. The standard InChI is InChI=1S/C11H10Br2O2/c12-11(13)6-8(11)7-1-2-9-10(5-7)15-4-3-14-9/h1-2,5,8H,3-4,6H2. The molecule has 80 valence electrons. The van der Waals surface area contributed by atoms with Crippen LogP contribution in [0.25, 0.3) is 0 Å². The van der Waals surface area contributed by atoms with Crippen molar-refractivity contribution in [2.45, 2.75) is 15.6 Å². The van der Waals surface area contributed by atoms with E-state index in [0.717, 1.165) is 17.9 Å². The van der Waals surface area contributed by atoms with Gasteiger partial charge in [0.1, 0.15) is 13.2 Å². The summed E-state index contributed by atoms with van der Waals surface area (Å²) in [5.41, 5.74) is 1.30. The highest BCUT2D eigenvalue weighted by Crippen LogP contribution is 2.62. The van der Waals surface area contributed by atoms with Crippen LogP contribution in [-0.2, 0) is 0 Å². The lowest BCUT2D eigenvalue weighted by Crippen LogP contribution is -2.15. The minimum Gasteiger partial charge on any atom is -0.486 e. The van der Waals surface area contributed by atoms with Gasteiger partial charge in [-0.05, 0) is 24.1 Å². The molecule has 2 nitrogen and oxygen atoms in total. The third-order valence-corrected chi connectivity index (χ3v) is 4.55. The summed E-state index contributed by atoms with van der Waals surface area (Å²) in [7, 11) is 0. The number of hydrogen-bond donors (Lipinski definition) is 0. The Labute approximate surface area is 105 Å². The molecule has 0 aromatic heterocycles. The summed E-state index contributed by atoms with van der Waals surface area (Å²) in [6.45, 7) is 1.30. The predicted octanol–water partition coefficient (Wildman–Crippen LogP) is 3.43. The molecule has 1 fully saturated rings. The molecule has 1 aliphatic heterocycles. The Hall–Kier alpha value is -0.220. The fraction of sp³-hybridized carbons (Fsp3) is 0.455. The Morgan fingerprint density at radius 2 is 1.80 bits per heavy atom. The van der Waals surface area contributed by atoms with Crippen molar-refractivity contribution in [3.05, 3.63) is 23.8 Å². The van der Waals surface area contributed by atoms with Crippen molar-refractivity contribution in [3.8, 4) is 11.5 Å². The van der Waals surface area contributed by atoms with Crippen molar-refractivity contribution in [3.63, 3.8) is 0 Å². The van der Waals surface area contributed by atoms with Crippen LogP contribution in [0.5, 0.6) is 11.5 Å². The number of ether oxygens (including phenoxy) is 2. The largest absolute Gasteiger partial charge is 0.486 e. The number of rotatable bonds is 1. The van der Waals surface area contributed by atoms with Crippen LogP contribution >= 0.6 is 31.9 Å². The molecule has 0 N–H and O–H groups in total. The lowest BCUT2D eigenvalue weighted by Gasteiger charge is -2.19. The number of fused-ring (bicyclic) bond motifs is 1. The Balaban J connectivity index is 1.92. The number of alkyl halides is 2. The number of benzene rings is 1. The fourth-order valence-corrected chi connectivity index (χ4v) is 3.03. The average Bonchev–Trinajstić information content (AvgIpc) is 2.87. The third kappa shape index (κ3) is 1.78. The zero-order chi connectivity index (χ0) is 10.5. The van der Waals surface area contributed by atoms with Gasteiger partial charge < -0.3 is 9.47 Å². The van der Waals surface area contributed by atoms with Gasteiger partial charge in [-0.25, -0.2) is 0 Å². The molecule has 0 saturated heterocycles. The van der Waals surface area contributed by atoms with Gasteiger partial charge in [0.15, 0.2) is 11.5 Å². The molecule has 2 aliphatic rings. The van der Waals surface area contributed by atoms with Crippen molar-refractivity contribution < 1.29 is 9.47 Å². The van der Waals surface area contributed by atoms with E-state index in [1.807, 2.05) is 6.07 Å². The average molecular weight is 334 g/mol. The molecule has 3 rings (SSSR count). The molecule has 0 bridgehead atoms. The van der Waals surface area contributed by atoms with Crippen molar-refractivity contribution in [1.82, 2.24) is 0 Å². The summed E-state index contributed by atoms with van der Waals surface area (Å²) in [6, 6.07) is 6.20. The Kier molecular flexibility index (Phi) is 2.25. The van der Waals surface area contributed by atoms with Crippen LogP contribution in [0.15, 0.2) is 18.2 Å². The second-order valence-electron chi connectivity index (χ2n) is 3.92. The van der Waals surface area contributed by atoms with Gasteiger partial charge in [-0.1, -0.05) is 37.9 Å². The maximum absolute atomic E-state index is 5.55. The molecule has 1 aliphatic carbocycles. The van der Waals surface area contributed by atoms with Gasteiger partial charge in [0.05, 0.1) is 3.23 Å². The molecular weight excluding hydrogens is 324 g/mol. The molecule has 1 aromatic carbocycles. The highest BCUT2D eigenvalue weighted by molar-refractivity contribution is 9.25. The normalized spacial score (nSPS) is 26.1. The lowest BCUT2D eigenvalue weighted by molar-refractivity contribution is 0.171. The molecule has 1 saturated carbocycles. The molecule has 1 atom stereocenters. The van der Waals surface area contributed by atoms with E-state index < -0.39 is 0 Å². The number of halogens is 2. The molecule has 15 heavy (non-hydrogen) atoms. The van der Waals surface area contributed by atoms with E-state index in [-0.39, 0.29) is 3.23 Å². The first-order valence-electron chi connectivity index (χ1n) is 4.94. The maximum Gasteiger partial charge on any atom is 0.161 e. The third-order valence-electron chi connectivity index (χ3n) is 2.79. The lowest BCUT2D eigenvalue weighted by atomic mass is 10.1. The molecule has 4 heteroatoms. The predicted molar refractivity (Wildman–Crippen MR) is 65.4 cm³/mol. The summed E-state index contributed by atoms with van der Waals surface area (Å²) < 4.78 is 11.1. The van der Waals surface area contributed by atoms with Crippen LogP contribution in [0, 0.1) is 0 Å². The van der Waals surface area contributed by atoms with Crippen molar-refractivity contribution in [2.24, 2.45) is 0 Å². The highest BCUT2D eigenvalue weighted by atomic mass is 79.9. The minimum absolute atomic E-state index is 0.101. The Morgan fingerprint density at radius 3 is 2.47 bits per heavy atom. The molecule has 0 amide bonds. The smallest absolute Gasteiger partial charge is 0.161 e. The fourth-order valence-electron chi connectivity index (χ4n) is 1.85. The first-order chi connectivity index (χ1) is 7.17. The van der Waals surface area contributed by atoms with Crippen molar-refractivity contribution >= 4 is 31.9 Å². The topological polar surface area (TPSA) is 18.5 Å². The van der Waals surface area contributed by atoms with E-state index in [0.29, 0.717) is 19.1 Å². The summed E-state index contributed by atoms with van der Waals surface area (Å²) in [4.78, 5) is 0. The van der Waals surface area contributed by atoms with Crippen molar-refractivity contribution in [2.75, 3.05) is 13.2 Å². The van der Waals surface area contributed by atoms with Gasteiger partial charge in [0, 0.05) is 5.92 Å². The second-order valence-corrected chi connectivity index (χ2v) is 7.82. The van der Waals surface area contributed by atoms with Gasteiger partial charge in [-0.15, -0.1) is 0 Å². The number of hydrogen-bond acceptors (Lipinski definition) is 2. The zero-order valence-corrected chi connectivity index (χ0v) is 11.2. The monoisotopic (exact) mass is 332 g/mol. The van der Waals surface area contributed by atoms with Crippen LogP contribution in [-0.4, -0.2) is 16.4 Å². The SMILES string of the molecule is BrC1(Br)CC1c1ccc2c(c1)OCCO2. The van der Waals surface area contributed by atoms with Crippen LogP contribution in [0.3, 0.4) is 0 Å². The Bertz CT molecular complexity index is 404. The van der Waals surface area contributed by atoms with E-state index in [1.54, 1.807) is 0 Å². The van der Waals surface area contributed by atoms with E-state index in [1.165, 1.54) is 5.56 Å². The van der Waals surface area contributed by atoms with Crippen LogP contribution in [0.1, 0.15) is 17.9 Å². The minimum atomic E-state index is 0.101. The molecule has 0 radical (unpaired) electrons. The molecule has 0 spiro atoms. The van der Waals surface area contributed by atoms with Crippen LogP contribution < -0.4 is 9.47 Å². The molecule has 1 unspecified atom stereocenters. The summed E-state index contributed by atoms with van der Waals surface area (Å²) in [5.74, 6) is 2.27. The van der Waals surface area contributed by atoms with E-state index in [2.05, 4.69) is 44.0 Å². The van der Waals surface area contributed by atoms with Gasteiger partial charge in [0.2, 0.25) is 0 Å². The van der Waals surface area contributed by atoms with E-state index in [4.69, 9.17) is 9.47 Å². The van der Waals surface area contributed by atoms with Gasteiger partial charge >= 0.3 is 0 Å². The van der Waals surface area contributed by atoms with Gasteiger partial charge in [-0.2, -0.15) is 0 Å².